The van der Waals surface area contributed by atoms with Gasteiger partial charge in [-0.3, -0.25) is 0 Å². The summed E-state index contributed by atoms with van der Waals surface area (Å²) in [7, 11) is 0. The molecule has 0 aromatic heterocycles. The highest BCUT2D eigenvalue weighted by Gasteiger charge is 2.21. The summed E-state index contributed by atoms with van der Waals surface area (Å²) in [6.45, 7) is 9.52. The Balaban J connectivity index is 2.02. The van der Waals surface area contributed by atoms with Crippen LogP contribution in [0.25, 0.3) is 0 Å². The summed E-state index contributed by atoms with van der Waals surface area (Å²) in [6.07, 6.45) is -0.577. The van der Waals surface area contributed by atoms with Crippen LogP contribution in [0.3, 0.4) is 0 Å². The minimum absolute atomic E-state index is 0.0206. The lowest BCUT2D eigenvalue weighted by atomic mass is 10.1. The maximum Gasteiger partial charge on any atom is 0.408 e. The number of aliphatic hydroxyl groups excluding tert-OH is 1. The molecule has 6 nitrogen and oxygen atoms in total. The summed E-state index contributed by atoms with van der Waals surface area (Å²) in [6, 6.07) is 7.89. The van der Waals surface area contributed by atoms with Gasteiger partial charge in [-0.25, -0.2) is 4.79 Å². The quantitative estimate of drug-likeness (QED) is 0.884. The topological polar surface area (TPSA) is 71.0 Å². The van der Waals surface area contributed by atoms with Crippen molar-refractivity contribution >= 4 is 11.8 Å². The lowest BCUT2D eigenvalue weighted by Crippen LogP contribution is -2.44. The Morgan fingerprint density at radius 1 is 1.50 bits per heavy atom. The second-order valence-electron chi connectivity index (χ2n) is 7.08. The van der Waals surface area contributed by atoms with Crippen molar-refractivity contribution in [3.63, 3.8) is 0 Å². The van der Waals surface area contributed by atoms with Gasteiger partial charge in [0.2, 0.25) is 0 Å². The number of benzene rings is 1. The van der Waals surface area contributed by atoms with Gasteiger partial charge >= 0.3 is 6.09 Å². The van der Waals surface area contributed by atoms with Crippen LogP contribution in [0, 0.1) is 0 Å². The van der Waals surface area contributed by atoms with Gasteiger partial charge in [-0.15, -0.1) is 0 Å². The molecule has 1 aliphatic rings. The molecule has 1 amide bonds. The van der Waals surface area contributed by atoms with Crippen LogP contribution in [-0.4, -0.2) is 49.2 Å². The Morgan fingerprint density at radius 2 is 2.25 bits per heavy atom. The molecular formula is C18H28N2O4. The fourth-order valence-corrected chi connectivity index (χ4v) is 2.62. The molecule has 1 unspecified atom stereocenters. The first kappa shape index (κ1) is 18.5. The third kappa shape index (κ3) is 5.39. The molecule has 2 rings (SSSR count). The van der Waals surface area contributed by atoms with Crippen LogP contribution in [0.4, 0.5) is 10.5 Å². The molecule has 0 aliphatic carbocycles. The van der Waals surface area contributed by atoms with Crippen LogP contribution in [0.5, 0.6) is 0 Å². The Labute approximate surface area is 143 Å². The van der Waals surface area contributed by atoms with Crippen molar-refractivity contribution in [2.75, 3.05) is 31.2 Å². The molecule has 2 atom stereocenters. The molecule has 0 radical (unpaired) electrons. The van der Waals surface area contributed by atoms with E-state index in [2.05, 4.69) is 16.3 Å². The van der Waals surface area contributed by atoms with Crippen molar-refractivity contribution in [1.29, 1.82) is 0 Å². The molecule has 1 aromatic rings. The summed E-state index contributed by atoms with van der Waals surface area (Å²) in [5.41, 5.74) is 1.55. The molecule has 0 saturated carbocycles. The largest absolute Gasteiger partial charge is 0.444 e. The van der Waals surface area contributed by atoms with Crippen molar-refractivity contribution in [2.45, 2.75) is 45.4 Å². The lowest BCUT2D eigenvalue weighted by Gasteiger charge is -2.34. The monoisotopic (exact) mass is 336 g/mol. The fraction of sp³-hybridized carbons (Fsp3) is 0.611. The van der Waals surface area contributed by atoms with E-state index in [9.17, 15) is 9.90 Å². The SMILES string of the molecule is CC(NC(=O)OC(C)(C)C)c1cccc(N2CCO[C@H](CO)C2)c1. The first-order valence-corrected chi connectivity index (χ1v) is 8.35. The van der Waals surface area contributed by atoms with Gasteiger partial charge in [-0.05, 0) is 45.4 Å². The molecule has 1 heterocycles. The normalized spacial score (nSPS) is 19.7. The van der Waals surface area contributed by atoms with Crippen LogP contribution in [0.1, 0.15) is 39.3 Å². The summed E-state index contributed by atoms with van der Waals surface area (Å²) < 4.78 is 10.8. The number of amides is 1. The van der Waals surface area contributed by atoms with Gasteiger partial charge in [-0.1, -0.05) is 12.1 Å². The van der Waals surface area contributed by atoms with E-state index < -0.39 is 11.7 Å². The van der Waals surface area contributed by atoms with Gasteiger partial charge in [-0.2, -0.15) is 0 Å². The molecule has 1 fully saturated rings. The van der Waals surface area contributed by atoms with Gasteiger partial charge in [0.1, 0.15) is 5.60 Å². The van der Waals surface area contributed by atoms with Gasteiger partial charge in [0.25, 0.3) is 0 Å². The number of carbonyl (C=O) groups excluding carboxylic acids is 1. The second kappa shape index (κ2) is 7.85. The average Bonchev–Trinajstić information content (AvgIpc) is 2.53. The standard InChI is InChI=1S/C18H28N2O4/c1-13(19-17(22)24-18(2,3)4)14-6-5-7-15(10-14)20-8-9-23-16(11-20)12-21/h5-7,10,13,16,21H,8-9,11-12H2,1-4H3,(H,19,22)/t13?,16-/m0/s1. The average molecular weight is 336 g/mol. The lowest BCUT2D eigenvalue weighted by molar-refractivity contribution is 0.00356. The number of alkyl carbamates (subject to hydrolysis) is 1. The Hall–Kier alpha value is -1.79. The van der Waals surface area contributed by atoms with Crippen molar-refractivity contribution < 1.29 is 19.4 Å². The third-order valence-electron chi connectivity index (χ3n) is 3.81. The molecule has 1 aromatic carbocycles. The molecule has 0 bridgehead atoms. The number of anilines is 1. The highest BCUT2D eigenvalue weighted by Crippen LogP contribution is 2.23. The number of rotatable bonds is 4. The Bertz CT molecular complexity index is 556. The fourth-order valence-electron chi connectivity index (χ4n) is 2.62. The van der Waals surface area contributed by atoms with Crippen molar-refractivity contribution in [2.24, 2.45) is 0 Å². The maximum atomic E-state index is 11.9. The summed E-state index contributed by atoms with van der Waals surface area (Å²) >= 11 is 0. The number of hydrogen-bond acceptors (Lipinski definition) is 5. The van der Waals surface area contributed by atoms with Crippen molar-refractivity contribution in [3.05, 3.63) is 29.8 Å². The van der Waals surface area contributed by atoms with E-state index >= 15 is 0 Å². The van der Waals surface area contributed by atoms with E-state index in [1.54, 1.807) is 0 Å². The van der Waals surface area contributed by atoms with Crippen LogP contribution in [0.2, 0.25) is 0 Å². The zero-order chi connectivity index (χ0) is 17.7. The molecule has 0 spiro atoms. The first-order valence-electron chi connectivity index (χ1n) is 8.35. The zero-order valence-corrected chi connectivity index (χ0v) is 14.9. The second-order valence-corrected chi connectivity index (χ2v) is 7.08. The minimum Gasteiger partial charge on any atom is -0.444 e. The van der Waals surface area contributed by atoms with Gasteiger partial charge < -0.3 is 24.8 Å². The van der Waals surface area contributed by atoms with E-state index in [1.165, 1.54) is 0 Å². The Kier molecular flexibility index (Phi) is 6.07. The number of carbonyl (C=O) groups is 1. The van der Waals surface area contributed by atoms with Crippen LogP contribution in [-0.2, 0) is 9.47 Å². The van der Waals surface area contributed by atoms with Crippen LogP contribution < -0.4 is 10.2 Å². The first-order chi connectivity index (χ1) is 11.3. The summed E-state index contributed by atoms with van der Waals surface area (Å²) in [5.74, 6) is 0. The van der Waals surface area contributed by atoms with E-state index in [-0.39, 0.29) is 18.8 Å². The number of aliphatic hydroxyl groups is 1. The number of nitrogens with zero attached hydrogens (tertiary/aromatic N) is 1. The molecule has 6 heteroatoms. The summed E-state index contributed by atoms with van der Waals surface area (Å²) in [4.78, 5) is 14.1. The molecule has 24 heavy (non-hydrogen) atoms. The van der Waals surface area contributed by atoms with Crippen LogP contribution >= 0.6 is 0 Å². The maximum absolute atomic E-state index is 11.9. The van der Waals surface area contributed by atoms with E-state index in [1.807, 2.05) is 45.9 Å². The third-order valence-corrected chi connectivity index (χ3v) is 3.81. The van der Waals surface area contributed by atoms with Gasteiger partial charge in [0.15, 0.2) is 0 Å². The number of nitrogens with one attached hydrogen (secondary N) is 1. The van der Waals surface area contributed by atoms with Crippen molar-refractivity contribution in [3.8, 4) is 0 Å². The molecule has 2 N–H and O–H groups in total. The van der Waals surface area contributed by atoms with E-state index in [4.69, 9.17) is 9.47 Å². The zero-order valence-electron chi connectivity index (χ0n) is 14.9. The van der Waals surface area contributed by atoms with Gasteiger partial charge in [0, 0.05) is 18.8 Å². The van der Waals surface area contributed by atoms with E-state index in [0.29, 0.717) is 13.2 Å². The highest BCUT2D eigenvalue weighted by molar-refractivity contribution is 5.68. The van der Waals surface area contributed by atoms with E-state index in [0.717, 1.165) is 17.8 Å². The minimum atomic E-state index is -0.515. The van der Waals surface area contributed by atoms with Crippen LogP contribution in [0.15, 0.2) is 24.3 Å². The molecule has 1 saturated heterocycles. The number of morpholine rings is 1. The molecule has 134 valence electrons. The number of hydrogen-bond donors (Lipinski definition) is 2. The predicted molar refractivity (Wildman–Crippen MR) is 93.3 cm³/mol. The smallest absolute Gasteiger partial charge is 0.408 e. The summed E-state index contributed by atoms with van der Waals surface area (Å²) in [5, 5.41) is 12.1. The highest BCUT2D eigenvalue weighted by atomic mass is 16.6. The molecular weight excluding hydrogens is 308 g/mol. The predicted octanol–water partition coefficient (Wildman–Crippen LogP) is 2.47. The van der Waals surface area contributed by atoms with Gasteiger partial charge in [0.05, 0.1) is 25.4 Å². The number of ether oxygens (including phenoxy) is 2. The Morgan fingerprint density at radius 3 is 2.92 bits per heavy atom. The van der Waals surface area contributed by atoms with Crippen molar-refractivity contribution in [1.82, 2.24) is 5.32 Å². The molecule has 1 aliphatic heterocycles.